The van der Waals surface area contributed by atoms with Gasteiger partial charge in [-0.3, -0.25) is 4.79 Å². The molecule has 1 heterocycles. The number of halogens is 1. The van der Waals surface area contributed by atoms with Crippen molar-refractivity contribution < 1.29 is 13.9 Å². The van der Waals surface area contributed by atoms with E-state index in [0.717, 1.165) is 11.1 Å². The van der Waals surface area contributed by atoms with Crippen LogP contribution in [0.3, 0.4) is 0 Å². The molecule has 6 nitrogen and oxygen atoms in total. The monoisotopic (exact) mass is 405 g/mol. The lowest BCUT2D eigenvalue weighted by Gasteiger charge is -2.08. The van der Waals surface area contributed by atoms with E-state index in [9.17, 15) is 4.79 Å². The molecule has 0 aliphatic carbocycles. The zero-order valence-corrected chi connectivity index (χ0v) is 16.0. The van der Waals surface area contributed by atoms with Crippen LogP contribution in [-0.2, 0) is 4.79 Å². The highest BCUT2D eigenvalue weighted by atomic mass is 35.5. The Balaban J connectivity index is 1.37. The number of para-hydroxylation sites is 1. The number of ether oxygens (including phenoxy) is 1. The second-order valence-corrected chi connectivity index (χ2v) is 6.53. The quantitative estimate of drug-likeness (QED) is 0.484. The zero-order valence-electron chi connectivity index (χ0n) is 15.2. The summed E-state index contributed by atoms with van der Waals surface area (Å²) in [7, 11) is 0. The van der Waals surface area contributed by atoms with Gasteiger partial charge in [-0.15, -0.1) is 10.2 Å². The molecule has 0 spiro atoms. The summed E-state index contributed by atoms with van der Waals surface area (Å²) in [6.07, 6.45) is 0. The minimum absolute atomic E-state index is 0.143. The third-order valence-corrected chi connectivity index (χ3v) is 4.37. The molecule has 0 unspecified atom stereocenters. The van der Waals surface area contributed by atoms with Crippen LogP contribution in [0.25, 0.3) is 22.9 Å². The Morgan fingerprint density at radius 2 is 1.48 bits per heavy atom. The minimum atomic E-state index is -0.290. The first-order valence-corrected chi connectivity index (χ1v) is 9.23. The van der Waals surface area contributed by atoms with Gasteiger partial charge in [0.1, 0.15) is 5.75 Å². The van der Waals surface area contributed by atoms with Crippen molar-refractivity contribution in [2.45, 2.75) is 0 Å². The van der Waals surface area contributed by atoms with Crippen molar-refractivity contribution in [3.63, 3.8) is 0 Å². The van der Waals surface area contributed by atoms with E-state index in [0.29, 0.717) is 28.2 Å². The van der Waals surface area contributed by atoms with Gasteiger partial charge in [0.15, 0.2) is 6.61 Å². The van der Waals surface area contributed by atoms with E-state index in [1.807, 2.05) is 30.3 Å². The fraction of sp³-hybridized carbons (Fsp3) is 0.0455. The van der Waals surface area contributed by atoms with Gasteiger partial charge in [-0.05, 0) is 48.5 Å². The number of carbonyl (C=O) groups is 1. The highest BCUT2D eigenvalue weighted by molar-refractivity contribution is 6.32. The molecule has 0 aliphatic heterocycles. The van der Waals surface area contributed by atoms with Crippen molar-refractivity contribution in [1.82, 2.24) is 10.2 Å². The van der Waals surface area contributed by atoms with Gasteiger partial charge in [0.05, 0.1) is 5.02 Å². The van der Waals surface area contributed by atoms with Crippen LogP contribution in [0.15, 0.2) is 83.3 Å². The number of nitrogens with one attached hydrogen (secondary N) is 1. The smallest absolute Gasteiger partial charge is 0.262 e. The largest absolute Gasteiger partial charge is 0.482 e. The molecule has 4 rings (SSSR count). The Morgan fingerprint density at radius 1 is 0.862 bits per heavy atom. The summed E-state index contributed by atoms with van der Waals surface area (Å²) in [5.41, 5.74) is 2.24. The summed E-state index contributed by atoms with van der Waals surface area (Å²) in [4.78, 5) is 12.1. The van der Waals surface area contributed by atoms with E-state index in [1.165, 1.54) is 0 Å². The van der Waals surface area contributed by atoms with E-state index in [1.54, 1.807) is 48.5 Å². The fourth-order valence-electron chi connectivity index (χ4n) is 2.64. The molecule has 3 aromatic carbocycles. The standard InChI is InChI=1S/C22H16ClN3O3/c23-18-8-4-5-9-19(18)28-14-20(27)24-17-12-10-16(11-13-17)22-26-25-21(29-22)15-6-2-1-3-7-15/h1-13H,14H2,(H,24,27). The molecule has 1 amide bonds. The van der Waals surface area contributed by atoms with Gasteiger partial charge in [-0.2, -0.15) is 0 Å². The summed E-state index contributed by atoms with van der Waals surface area (Å²) in [5, 5.41) is 11.4. The maximum Gasteiger partial charge on any atom is 0.262 e. The maximum absolute atomic E-state index is 12.1. The molecule has 1 N–H and O–H groups in total. The fourth-order valence-corrected chi connectivity index (χ4v) is 2.83. The number of hydrogen-bond acceptors (Lipinski definition) is 5. The molecule has 4 aromatic rings. The number of amides is 1. The molecule has 0 atom stereocenters. The SMILES string of the molecule is O=C(COc1ccccc1Cl)Nc1ccc(-c2nnc(-c3ccccc3)o2)cc1. The highest BCUT2D eigenvalue weighted by Crippen LogP contribution is 2.25. The topological polar surface area (TPSA) is 77.2 Å². The van der Waals surface area contributed by atoms with Gasteiger partial charge in [-0.25, -0.2) is 0 Å². The molecular weight excluding hydrogens is 390 g/mol. The van der Waals surface area contributed by atoms with Crippen LogP contribution in [0.2, 0.25) is 5.02 Å². The van der Waals surface area contributed by atoms with Crippen molar-refractivity contribution in [3.05, 3.63) is 83.9 Å². The van der Waals surface area contributed by atoms with Crippen molar-refractivity contribution in [2.75, 3.05) is 11.9 Å². The van der Waals surface area contributed by atoms with Crippen LogP contribution in [0.5, 0.6) is 5.75 Å². The Labute approximate surface area is 172 Å². The summed E-state index contributed by atoms with van der Waals surface area (Å²) < 4.78 is 11.2. The number of aromatic nitrogens is 2. The molecule has 0 saturated heterocycles. The van der Waals surface area contributed by atoms with Crippen LogP contribution >= 0.6 is 11.6 Å². The molecule has 144 valence electrons. The van der Waals surface area contributed by atoms with Gasteiger partial charge in [0.25, 0.3) is 5.91 Å². The van der Waals surface area contributed by atoms with Gasteiger partial charge in [0, 0.05) is 16.8 Å². The van der Waals surface area contributed by atoms with Crippen molar-refractivity contribution in [2.24, 2.45) is 0 Å². The predicted octanol–water partition coefficient (Wildman–Crippen LogP) is 5.07. The molecular formula is C22H16ClN3O3. The second kappa shape index (κ2) is 8.58. The molecule has 0 saturated carbocycles. The summed E-state index contributed by atoms with van der Waals surface area (Å²) >= 11 is 6.01. The van der Waals surface area contributed by atoms with Crippen molar-refractivity contribution in [1.29, 1.82) is 0 Å². The van der Waals surface area contributed by atoms with Crippen LogP contribution < -0.4 is 10.1 Å². The Morgan fingerprint density at radius 3 is 2.17 bits per heavy atom. The molecule has 1 aromatic heterocycles. The number of anilines is 1. The van der Waals surface area contributed by atoms with Crippen molar-refractivity contribution >= 4 is 23.2 Å². The second-order valence-electron chi connectivity index (χ2n) is 6.12. The summed E-state index contributed by atoms with van der Waals surface area (Å²) in [5.74, 6) is 1.03. The molecule has 0 aliphatic rings. The summed E-state index contributed by atoms with van der Waals surface area (Å²) in [6, 6.07) is 23.7. The van der Waals surface area contributed by atoms with E-state index >= 15 is 0 Å². The van der Waals surface area contributed by atoms with Gasteiger partial charge >= 0.3 is 0 Å². The molecule has 0 bridgehead atoms. The normalized spacial score (nSPS) is 10.5. The Bertz CT molecular complexity index is 1110. The number of nitrogens with zero attached hydrogens (tertiary/aromatic N) is 2. The van der Waals surface area contributed by atoms with Gasteiger partial charge in [-0.1, -0.05) is 41.9 Å². The van der Waals surface area contributed by atoms with E-state index in [4.69, 9.17) is 20.8 Å². The number of rotatable bonds is 6. The lowest BCUT2D eigenvalue weighted by molar-refractivity contribution is -0.118. The maximum atomic E-state index is 12.1. The first-order chi connectivity index (χ1) is 14.2. The lowest BCUT2D eigenvalue weighted by Crippen LogP contribution is -2.20. The Hall–Kier alpha value is -3.64. The van der Waals surface area contributed by atoms with E-state index < -0.39 is 0 Å². The van der Waals surface area contributed by atoms with E-state index in [-0.39, 0.29) is 12.5 Å². The molecule has 0 fully saturated rings. The molecule has 29 heavy (non-hydrogen) atoms. The number of carbonyl (C=O) groups excluding carboxylic acids is 1. The first-order valence-electron chi connectivity index (χ1n) is 8.85. The van der Waals surface area contributed by atoms with E-state index in [2.05, 4.69) is 15.5 Å². The molecule has 0 radical (unpaired) electrons. The third kappa shape index (κ3) is 4.62. The molecule has 7 heteroatoms. The number of hydrogen-bond donors (Lipinski definition) is 1. The lowest BCUT2D eigenvalue weighted by atomic mass is 10.2. The third-order valence-electron chi connectivity index (χ3n) is 4.06. The van der Waals surface area contributed by atoms with Crippen LogP contribution in [0, 0.1) is 0 Å². The van der Waals surface area contributed by atoms with Gasteiger partial charge in [0.2, 0.25) is 11.8 Å². The average Bonchev–Trinajstić information content (AvgIpc) is 3.25. The average molecular weight is 406 g/mol. The van der Waals surface area contributed by atoms with Gasteiger partial charge < -0.3 is 14.5 Å². The summed E-state index contributed by atoms with van der Waals surface area (Å²) in [6.45, 7) is -0.143. The van der Waals surface area contributed by atoms with Crippen LogP contribution in [-0.4, -0.2) is 22.7 Å². The van der Waals surface area contributed by atoms with Crippen LogP contribution in [0.4, 0.5) is 5.69 Å². The zero-order chi connectivity index (χ0) is 20.1. The van der Waals surface area contributed by atoms with Crippen molar-refractivity contribution in [3.8, 4) is 28.7 Å². The predicted molar refractivity (Wildman–Crippen MR) is 111 cm³/mol. The minimum Gasteiger partial charge on any atom is -0.482 e. The first kappa shape index (κ1) is 18.7. The number of benzene rings is 3. The highest BCUT2D eigenvalue weighted by Gasteiger charge is 2.11. The Kier molecular flexibility index (Phi) is 5.54. The van der Waals surface area contributed by atoms with Crippen LogP contribution in [0.1, 0.15) is 0 Å².